The van der Waals surface area contributed by atoms with Gasteiger partial charge in [-0.25, -0.2) is 9.37 Å². The molecule has 1 N–H and O–H groups in total. The Balaban J connectivity index is 1.69. The number of nitrogens with one attached hydrogen (secondary N) is 1. The quantitative estimate of drug-likeness (QED) is 0.713. The van der Waals surface area contributed by atoms with E-state index < -0.39 is 0 Å². The molecule has 1 aliphatic rings. The first-order valence-corrected chi connectivity index (χ1v) is 9.32. The van der Waals surface area contributed by atoms with Gasteiger partial charge in [-0.05, 0) is 55.2 Å². The van der Waals surface area contributed by atoms with Crippen molar-refractivity contribution in [3.05, 3.63) is 66.1 Å². The summed E-state index contributed by atoms with van der Waals surface area (Å²) < 4.78 is 13.2. The first-order chi connectivity index (χ1) is 13.1. The number of nitrogens with zero attached hydrogens (tertiary/aromatic N) is 2. The van der Waals surface area contributed by atoms with Crippen LogP contribution in [0, 0.1) is 11.7 Å². The highest BCUT2D eigenvalue weighted by atomic mass is 19.1. The molecule has 1 fully saturated rings. The minimum atomic E-state index is -0.282. The molecule has 1 aliphatic heterocycles. The molecule has 1 saturated heterocycles. The van der Waals surface area contributed by atoms with Gasteiger partial charge in [0.25, 0.3) is 5.91 Å². The van der Waals surface area contributed by atoms with Gasteiger partial charge in [0.2, 0.25) is 0 Å². The Labute approximate surface area is 158 Å². The number of fused-ring (bicyclic) bond motifs is 1. The predicted molar refractivity (Wildman–Crippen MR) is 106 cm³/mol. The first-order valence-electron chi connectivity index (χ1n) is 9.32. The Hall–Kier alpha value is -2.95. The summed E-state index contributed by atoms with van der Waals surface area (Å²) in [5.74, 6) is 0.347. The zero-order valence-corrected chi connectivity index (χ0v) is 15.3. The van der Waals surface area contributed by atoms with E-state index in [9.17, 15) is 9.18 Å². The van der Waals surface area contributed by atoms with Crippen LogP contribution in [0.5, 0.6) is 0 Å². The van der Waals surface area contributed by atoms with Crippen molar-refractivity contribution in [2.75, 3.05) is 18.4 Å². The van der Waals surface area contributed by atoms with Gasteiger partial charge in [0.15, 0.2) is 0 Å². The van der Waals surface area contributed by atoms with E-state index in [-0.39, 0.29) is 11.7 Å². The number of aromatic nitrogens is 1. The van der Waals surface area contributed by atoms with E-state index in [1.54, 1.807) is 18.2 Å². The van der Waals surface area contributed by atoms with Crippen molar-refractivity contribution >= 4 is 28.2 Å². The van der Waals surface area contributed by atoms with E-state index >= 15 is 0 Å². The average Bonchev–Trinajstić information content (AvgIpc) is 2.69. The number of amides is 1. The van der Waals surface area contributed by atoms with E-state index in [0.29, 0.717) is 11.6 Å². The lowest BCUT2D eigenvalue weighted by Gasteiger charge is -2.30. The zero-order chi connectivity index (χ0) is 18.8. The fraction of sp³-hybridized carbons (Fsp3) is 0.273. The fourth-order valence-corrected chi connectivity index (χ4v) is 3.45. The minimum Gasteiger partial charge on any atom is -0.355 e. The first kappa shape index (κ1) is 17.5. The zero-order valence-electron chi connectivity index (χ0n) is 15.3. The highest BCUT2D eigenvalue weighted by molar-refractivity contribution is 6.00. The number of anilines is 2. The number of hydrogen-bond donors (Lipinski definition) is 1. The maximum absolute atomic E-state index is 13.2. The second kappa shape index (κ2) is 7.35. The van der Waals surface area contributed by atoms with Gasteiger partial charge in [-0.3, -0.25) is 4.79 Å². The largest absolute Gasteiger partial charge is 0.355 e. The van der Waals surface area contributed by atoms with Crippen molar-refractivity contribution in [2.45, 2.75) is 19.8 Å². The van der Waals surface area contributed by atoms with Gasteiger partial charge in [0.05, 0.1) is 11.2 Å². The molecular weight excluding hydrogens is 341 g/mol. The molecule has 0 unspecified atom stereocenters. The van der Waals surface area contributed by atoms with Gasteiger partial charge in [0.1, 0.15) is 11.5 Å². The highest BCUT2D eigenvalue weighted by Crippen LogP contribution is 2.28. The van der Waals surface area contributed by atoms with Crippen molar-refractivity contribution < 1.29 is 9.18 Å². The third-order valence-corrected chi connectivity index (χ3v) is 5.13. The Morgan fingerprint density at radius 2 is 1.81 bits per heavy atom. The monoisotopic (exact) mass is 363 g/mol. The summed E-state index contributed by atoms with van der Waals surface area (Å²) in [6.07, 6.45) is 2.06. The van der Waals surface area contributed by atoms with E-state index in [2.05, 4.69) is 17.2 Å². The molecule has 0 spiro atoms. The topological polar surface area (TPSA) is 45.2 Å². The van der Waals surface area contributed by atoms with Crippen LogP contribution in [0.15, 0.2) is 54.6 Å². The summed E-state index contributed by atoms with van der Waals surface area (Å²) in [6, 6.07) is 15.7. The van der Waals surface area contributed by atoms with E-state index in [1.807, 2.05) is 29.2 Å². The lowest BCUT2D eigenvalue weighted by atomic mass is 9.99. The van der Waals surface area contributed by atoms with Crippen LogP contribution in [0.25, 0.3) is 10.9 Å². The summed E-state index contributed by atoms with van der Waals surface area (Å²) in [5, 5.41) is 4.22. The smallest absolute Gasteiger partial charge is 0.272 e. The van der Waals surface area contributed by atoms with E-state index in [4.69, 9.17) is 0 Å². The van der Waals surface area contributed by atoms with E-state index in [0.717, 1.165) is 48.2 Å². The van der Waals surface area contributed by atoms with Crippen LogP contribution < -0.4 is 5.32 Å². The van der Waals surface area contributed by atoms with Crippen LogP contribution in [-0.4, -0.2) is 28.9 Å². The molecule has 5 heteroatoms. The predicted octanol–water partition coefficient (Wildman–Crippen LogP) is 4.99. The van der Waals surface area contributed by atoms with Crippen molar-refractivity contribution in [3.8, 4) is 0 Å². The molecular formula is C22H22FN3O. The summed E-state index contributed by atoms with van der Waals surface area (Å²) in [4.78, 5) is 19.5. The standard InChI is InChI=1S/C22H22FN3O/c1-15-10-12-26(13-11-15)22(27)21-14-20(18-4-2-3-5-19(18)25-21)24-17-8-6-16(23)7-9-17/h2-9,14-15H,10-13H2,1H3,(H,24,25). The number of para-hydroxylation sites is 1. The molecule has 1 amide bonds. The van der Waals surface area contributed by atoms with Crippen molar-refractivity contribution in [3.63, 3.8) is 0 Å². The van der Waals surface area contributed by atoms with Crippen LogP contribution in [0.2, 0.25) is 0 Å². The van der Waals surface area contributed by atoms with Crippen LogP contribution in [0.4, 0.5) is 15.8 Å². The van der Waals surface area contributed by atoms with Crippen molar-refractivity contribution in [2.24, 2.45) is 5.92 Å². The number of rotatable bonds is 3. The number of pyridine rings is 1. The summed E-state index contributed by atoms with van der Waals surface area (Å²) in [7, 11) is 0. The molecule has 1 aromatic heterocycles. The van der Waals surface area contributed by atoms with Crippen molar-refractivity contribution in [1.82, 2.24) is 9.88 Å². The molecule has 4 nitrogen and oxygen atoms in total. The number of halogens is 1. The normalized spacial score (nSPS) is 15.1. The summed E-state index contributed by atoms with van der Waals surface area (Å²) in [5.41, 5.74) is 2.75. The number of hydrogen-bond acceptors (Lipinski definition) is 3. The Kier molecular flexibility index (Phi) is 4.75. The minimum absolute atomic E-state index is 0.0326. The number of carbonyl (C=O) groups excluding carboxylic acids is 1. The maximum Gasteiger partial charge on any atom is 0.272 e. The van der Waals surface area contributed by atoms with Gasteiger partial charge in [-0.1, -0.05) is 25.1 Å². The third kappa shape index (κ3) is 3.77. The Morgan fingerprint density at radius 1 is 1.11 bits per heavy atom. The van der Waals surface area contributed by atoms with Gasteiger partial charge in [-0.15, -0.1) is 0 Å². The number of carbonyl (C=O) groups is 1. The molecule has 27 heavy (non-hydrogen) atoms. The van der Waals surface area contributed by atoms with Gasteiger partial charge >= 0.3 is 0 Å². The third-order valence-electron chi connectivity index (χ3n) is 5.13. The number of piperidine rings is 1. The molecule has 0 aliphatic carbocycles. The summed E-state index contributed by atoms with van der Waals surface area (Å²) >= 11 is 0. The molecule has 0 saturated carbocycles. The second-order valence-electron chi connectivity index (χ2n) is 7.18. The Bertz CT molecular complexity index is 963. The van der Waals surface area contributed by atoms with E-state index in [1.165, 1.54) is 12.1 Å². The molecule has 0 bridgehead atoms. The molecule has 0 radical (unpaired) electrons. The second-order valence-corrected chi connectivity index (χ2v) is 7.18. The molecule has 3 aromatic rings. The molecule has 4 rings (SSSR count). The van der Waals surface area contributed by atoms with Gasteiger partial charge < -0.3 is 10.2 Å². The van der Waals surface area contributed by atoms with Crippen LogP contribution in [0.3, 0.4) is 0 Å². The fourth-order valence-electron chi connectivity index (χ4n) is 3.45. The highest BCUT2D eigenvalue weighted by Gasteiger charge is 2.23. The maximum atomic E-state index is 13.2. The molecule has 2 heterocycles. The van der Waals surface area contributed by atoms with Crippen molar-refractivity contribution in [1.29, 1.82) is 0 Å². The lowest BCUT2D eigenvalue weighted by molar-refractivity contribution is 0.0691. The van der Waals surface area contributed by atoms with Gasteiger partial charge in [0, 0.05) is 24.2 Å². The van der Waals surface area contributed by atoms with Crippen LogP contribution >= 0.6 is 0 Å². The van der Waals surface area contributed by atoms with Crippen LogP contribution in [-0.2, 0) is 0 Å². The number of likely N-dealkylation sites (tertiary alicyclic amines) is 1. The SMILES string of the molecule is CC1CCN(C(=O)c2cc(Nc3ccc(F)cc3)c3ccccc3n2)CC1. The average molecular weight is 363 g/mol. The molecule has 0 atom stereocenters. The molecule has 138 valence electrons. The summed E-state index contributed by atoms with van der Waals surface area (Å²) in [6.45, 7) is 3.77. The Morgan fingerprint density at radius 3 is 2.56 bits per heavy atom. The lowest BCUT2D eigenvalue weighted by Crippen LogP contribution is -2.38. The molecule has 2 aromatic carbocycles. The van der Waals surface area contributed by atoms with Gasteiger partial charge in [-0.2, -0.15) is 0 Å². The number of benzene rings is 2. The van der Waals surface area contributed by atoms with Crippen LogP contribution in [0.1, 0.15) is 30.3 Å².